The minimum Gasteiger partial charge on any atom is -0.333 e. The molecule has 1 aromatic rings. The van der Waals surface area contributed by atoms with Crippen LogP contribution >= 0.6 is 0 Å². The summed E-state index contributed by atoms with van der Waals surface area (Å²) in [6, 6.07) is 11.5. The van der Waals surface area contributed by atoms with E-state index in [0.29, 0.717) is 0 Å². The van der Waals surface area contributed by atoms with E-state index in [-0.39, 0.29) is 0 Å². The monoisotopic (exact) mass is 236 g/mol. The first kappa shape index (κ1) is 16.1. The first-order valence-electron chi connectivity index (χ1n) is 6.72. The molecule has 1 aromatic carbocycles. The summed E-state index contributed by atoms with van der Waals surface area (Å²) in [6.45, 7) is 8.73. The van der Waals surface area contributed by atoms with Gasteiger partial charge in [-0.2, -0.15) is 0 Å². The Bertz CT molecular complexity index is 259. The molecule has 1 aliphatic rings. The molecule has 1 heterocycles. The van der Waals surface area contributed by atoms with E-state index in [4.69, 9.17) is 0 Å². The van der Waals surface area contributed by atoms with Crippen molar-refractivity contribution >= 4 is 0 Å². The van der Waals surface area contributed by atoms with Crippen LogP contribution in [0.25, 0.3) is 0 Å². The van der Waals surface area contributed by atoms with Crippen LogP contribution in [-0.2, 0) is 6.54 Å². The zero-order valence-electron chi connectivity index (χ0n) is 11.8. The van der Waals surface area contributed by atoms with Gasteiger partial charge >= 0.3 is 0 Å². The number of nitrogens with two attached hydrogens (primary N) is 1. The minimum absolute atomic E-state index is 0.778. The summed E-state index contributed by atoms with van der Waals surface area (Å²) < 4.78 is 0. The predicted molar refractivity (Wildman–Crippen MR) is 77.0 cm³/mol. The van der Waals surface area contributed by atoms with E-state index in [1.165, 1.54) is 32.0 Å². The van der Waals surface area contributed by atoms with Gasteiger partial charge in [0.1, 0.15) is 0 Å². The third-order valence-electron chi connectivity index (χ3n) is 2.92. The van der Waals surface area contributed by atoms with Crippen molar-refractivity contribution in [3.05, 3.63) is 35.9 Å². The molecule has 1 atom stereocenters. The van der Waals surface area contributed by atoms with Crippen LogP contribution in [0.2, 0.25) is 0 Å². The van der Waals surface area contributed by atoms with Gasteiger partial charge in [0.2, 0.25) is 0 Å². The van der Waals surface area contributed by atoms with Gasteiger partial charge in [-0.25, -0.2) is 0 Å². The molecule has 17 heavy (non-hydrogen) atoms. The fourth-order valence-corrected chi connectivity index (χ4v) is 2.05. The highest BCUT2D eigenvalue weighted by molar-refractivity contribution is 5.14. The Kier molecular flexibility index (Phi) is 9.78. The molecule has 2 rings (SSSR count). The fourth-order valence-electron chi connectivity index (χ4n) is 2.05. The maximum Gasteiger partial charge on any atom is 0.0236 e. The number of benzene rings is 1. The first-order chi connectivity index (χ1) is 8.36. The van der Waals surface area contributed by atoms with Gasteiger partial charge in [0, 0.05) is 12.6 Å². The highest BCUT2D eigenvalue weighted by Gasteiger charge is 2.19. The van der Waals surface area contributed by atoms with Crippen LogP contribution in [0.1, 0.15) is 39.2 Å². The predicted octanol–water partition coefficient (Wildman–Crippen LogP) is 3.27. The Morgan fingerprint density at radius 3 is 2.24 bits per heavy atom. The Morgan fingerprint density at radius 2 is 1.76 bits per heavy atom. The smallest absolute Gasteiger partial charge is 0.0236 e. The van der Waals surface area contributed by atoms with E-state index in [1.807, 2.05) is 13.8 Å². The van der Waals surface area contributed by atoms with Crippen molar-refractivity contribution in [3.63, 3.8) is 0 Å². The summed E-state index contributed by atoms with van der Waals surface area (Å²) in [5.74, 6) is 0. The molecular weight excluding hydrogens is 208 g/mol. The highest BCUT2D eigenvalue weighted by Crippen LogP contribution is 2.18. The Labute approximate surface area is 107 Å². The van der Waals surface area contributed by atoms with Crippen molar-refractivity contribution in [2.45, 2.75) is 46.2 Å². The van der Waals surface area contributed by atoms with Gasteiger partial charge in [-0.15, -0.1) is 0 Å². The van der Waals surface area contributed by atoms with Gasteiger partial charge in [-0.05, 0) is 38.9 Å². The third-order valence-corrected chi connectivity index (χ3v) is 2.92. The third kappa shape index (κ3) is 5.85. The zero-order chi connectivity index (χ0) is 13.1. The molecule has 0 aromatic heterocycles. The van der Waals surface area contributed by atoms with Gasteiger partial charge < -0.3 is 5.73 Å². The number of nitrogens with zero attached hydrogens (tertiary/aromatic N) is 1. The molecule has 0 unspecified atom stereocenters. The number of rotatable bonds is 2. The zero-order valence-corrected chi connectivity index (χ0v) is 11.8. The molecule has 1 aliphatic heterocycles. The number of likely N-dealkylation sites (tertiary alicyclic amines) is 1. The average molecular weight is 236 g/mol. The Morgan fingerprint density at radius 1 is 1.18 bits per heavy atom. The summed E-state index contributed by atoms with van der Waals surface area (Å²) >= 11 is 0. The maximum absolute atomic E-state index is 4.50. The van der Waals surface area contributed by atoms with Crippen molar-refractivity contribution in [1.29, 1.82) is 0 Å². The topological polar surface area (TPSA) is 29.3 Å². The van der Waals surface area contributed by atoms with Crippen molar-refractivity contribution in [2.75, 3.05) is 13.6 Å². The molecule has 1 fully saturated rings. The first-order valence-corrected chi connectivity index (χ1v) is 6.72. The van der Waals surface area contributed by atoms with Crippen molar-refractivity contribution < 1.29 is 0 Å². The standard InChI is InChI=1S/C12H17N.C2H6.CH5N/c1-11-6-5-9-13(11)10-12-7-3-2-4-8-12;2*1-2/h2-4,7-8,11H,5-6,9-10H2,1H3;1-2H3;2H2,1H3/t11-;;/m0../s1. The van der Waals surface area contributed by atoms with Gasteiger partial charge in [0.15, 0.2) is 0 Å². The Hall–Kier alpha value is -0.860. The van der Waals surface area contributed by atoms with Crippen LogP contribution < -0.4 is 5.73 Å². The second-order valence-electron chi connectivity index (χ2n) is 3.95. The molecule has 0 radical (unpaired) electrons. The molecule has 0 bridgehead atoms. The molecule has 98 valence electrons. The normalized spacial score (nSPS) is 18.8. The number of hydrogen-bond acceptors (Lipinski definition) is 2. The number of hydrogen-bond donors (Lipinski definition) is 1. The lowest BCUT2D eigenvalue weighted by atomic mass is 10.2. The van der Waals surface area contributed by atoms with Gasteiger partial charge in [-0.1, -0.05) is 44.2 Å². The van der Waals surface area contributed by atoms with Gasteiger partial charge in [0.05, 0.1) is 0 Å². The van der Waals surface area contributed by atoms with E-state index in [0.717, 1.165) is 12.6 Å². The summed E-state index contributed by atoms with van der Waals surface area (Å²) in [5, 5.41) is 0. The second kappa shape index (κ2) is 10.3. The van der Waals surface area contributed by atoms with E-state index >= 15 is 0 Å². The molecule has 2 heteroatoms. The lowest BCUT2D eigenvalue weighted by Gasteiger charge is -2.20. The van der Waals surface area contributed by atoms with Crippen LogP contribution in [0.5, 0.6) is 0 Å². The largest absolute Gasteiger partial charge is 0.333 e. The maximum atomic E-state index is 4.50. The van der Waals surface area contributed by atoms with E-state index in [1.54, 1.807) is 0 Å². The SMILES string of the molecule is CC.CN.C[C@H]1CCCN1Cc1ccccc1. The molecular formula is C15H28N2. The van der Waals surface area contributed by atoms with Gasteiger partial charge in [0.25, 0.3) is 0 Å². The summed E-state index contributed by atoms with van der Waals surface area (Å²) in [6.07, 6.45) is 2.74. The van der Waals surface area contributed by atoms with Crippen molar-refractivity contribution in [1.82, 2.24) is 4.90 Å². The average Bonchev–Trinajstić information content (AvgIpc) is 2.81. The summed E-state index contributed by atoms with van der Waals surface area (Å²) in [4.78, 5) is 2.56. The van der Waals surface area contributed by atoms with Crippen molar-refractivity contribution in [2.24, 2.45) is 5.73 Å². The van der Waals surface area contributed by atoms with Crippen molar-refractivity contribution in [3.8, 4) is 0 Å². The van der Waals surface area contributed by atoms with Crippen LogP contribution in [0.15, 0.2) is 30.3 Å². The minimum atomic E-state index is 0.778. The van der Waals surface area contributed by atoms with E-state index < -0.39 is 0 Å². The van der Waals surface area contributed by atoms with Gasteiger partial charge in [-0.3, -0.25) is 4.90 Å². The Balaban J connectivity index is 0.000000581. The quantitative estimate of drug-likeness (QED) is 0.854. The van der Waals surface area contributed by atoms with Crippen LogP contribution in [0.3, 0.4) is 0 Å². The van der Waals surface area contributed by atoms with E-state index in [9.17, 15) is 0 Å². The fraction of sp³-hybridized carbons (Fsp3) is 0.600. The summed E-state index contributed by atoms with van der Waals surface area (Å²) in [7, 11) is 1.50. The molecule has 0 amide bonds. The molecule has 2 N–H and O–H groups in total. The van der Waals surface area contributed by atoms with Crippen LogP contribution in [-0.4, -0.2) is 24.5 Å². The highest BCUT2D eigenvalue weighted by atomic mass is 15.2. The lowest BCUT2D eigenvalue weighted by molar-refractivity contribution is 0.260. The van der Waals surface area contributed by atoms with Crippen LogP contribution in [0, 0.1) is 0 Å². The lowest BCUT2D eigenvalue weighted by Crippen LogP contribution is -2.25. The molecule has 0 spiro atoms. The van der Waals surface area contributed by atoms with E-state index in [2.05, 4.69) is 47.9 Å². The second-order valence-corrected chi connectivity index (χ2v) is 3.95. The summed E-state index contributed by atoms with van der Waals surface area (Å²) in [5.41, 5.74) is 5.94. The molecule has 0 aliphatic carbocycles. The molecule has 2 nitrogen and oxygen atoms in total. The molecule has 0 saturated carbocycles. The van der Waals surface area contributed by atoms with Crippen LogP contribution in [0.4, 0.5) is 0 Å². The molecule has 1 saturated heterocycles.